The molecule has 0 saturated heterocycles. The predicted molar refractivity (Wildman–Crippen MR) is 79.4 cm³/mol. The van der Waals surface area contributed by atoms with Gasteiger partial charge in [-0.1, -0.05) is 12.1 Å². The van der Waals surface area contributed by atoms with Gasteiger partial charge in [0, 0.05) is 5.69 Å². The highest BCUT2D eigenvalue weighted by Crippen LogP contribution is 2.12. The van der Waals surface area contributed by atoms with Crippen LogP contribution in [-0.4, -0.2) is 28.6 Å². The molecule has 0 bridgehead atoms. The molecule has 0 aliphatic carbocycles. The fourth-order valence-corrected chi connectivity index (χ4v) is 1.58. The summed E-state index contributed by atoms with van der Waals surface area (Å²) >= 11 is 0. The second-order valence-corrected chi connectivity index (χ2v) is 5.74. The molecular weight excluding hydrogens is 272 g/mol. The third-order valence-corrected chi connectivity index (χ3v) is 2.55. The lowest BCUT2D eigenvalue weighted by molar-refractivity contribution is -0.155. The Bertz CT molecular complexity index is 491. The predicted octanol–water partition coefficient (Wildman–Crippen LogP) is 1.18. The molecular formula is C15H22N2O4. The van der Waals surface area contributed by atoms with E-state index in [1.54, 1.807) is 45.0 Å². The lowest BCUT2D eigenvalue weighted by atomic mass is 10.1. The Morgan fingerprint density at radius 1 is 1.29 bits per heavy atom. The average molecular weight is 294 g/mol. The van der Waals surface area contributed by atoms with Gasteiger partial charge in [0.2, 0.25) is 5.91 Å². The summed E-state index contributed by atoms with van der Waals surface area (Å²) in [4.78, 5) is 23.5. The number of hydrogen-bond donors (Lipinski definition) is 3. The molecule has 21 heavy (non-hydrogen) atoms. The summed E-state index contributed by atoms with van der Waals surface area (Å²) in [5.41, 5.74) is 6.38. The van der Waals surface area contributed by atoms with Crippen molar-refractivity contribution in [2.24, 2.45) is 5.73 Å². The molecule has 0 heterocycles. The number of esters is 1. The monoisotopic (exact) mass is 294 g/mol. The molecule has 0 radical (unpaired) electrons. The zero-order valence-electron chi connectivity index (χ0n) is 12.6. The molecule has 0 fully saturated rings. The molecule has 0 spiro atoms. The highest BCUT2D eigenvalue weighted by molar-refractivity contribution is 5.96. The van der Waals surface area contributed by atoms with Crippen LogP contribution in [0.1, 0.15) is 32.8 Å². The van der Waals surface area contributed by atoms with Gasteiger partial charge in [-0.05, 0) is 38.5 Å². The number of aliphatic hydroxyl groups excluding tert-OH is 1. The van der Waals surface area contributed by atoms with E-state index in [9.17, 15) is 9.59 Å². The molecule has 0 aromatic heterocycles. The molecule has 6 nitrogen and oxygen atoms in total. The number of benzene rings is 1. The van der Waals surface area contributed by atoms with Crippen LogP contribution in [-0.2, 0) is 20.9 Å². The lowest BCUT2D eigenvalue weighted by Crippen LogP contribution is -2.39. The molecule has 0 aliphatic rings. The first-order valence-electron chi connectivity index (χ1n) is 6.69. The summed E-state index contributed by atoms with van der Waals surface area (Å²) in [6.07, 6.45) is -0.183. The Morgan fingerprint density at radius 2 is 1.86 bits per heavy atom. The fourth-order valence-electron chi connectivity index (χ4n) is 1.58. The largest absolute Gasteiger partial charge is 0.460 e. The van der Waals surface area contributed by atoms with E-state index in [4.69, 9.17) is 15.6 Å². The first-order chi connectivity index (χ1) is 9.71. The number of nitrogens with two attached hydrogens (primary N) is 1. The van der Waals surface area contributed by atoms with E-state index in [-0.39, 0.29) is 13.0 Å². The van der Waals surface area contributed by atoms with Crippen LogP contribution >= 0.6 is 0 Å². The topological polar surface area (TPSA) is 102 Å². The Labute approximate surface area is 124 Å². The van der Waals surface area contributed by atoms with E-state index in [0.717, 1.165) is 5.56 Å². The Balaban J connectivity index is 2.52. The molecule has 1 unspecified atom stereocenters. The van der Waals surface area contributed by atoms with Crippen LogP contribution in [0.5, 0.6) is 0 Å². The van der Waals surface area contributed by atoms with Gasteiger partial charge in [-0.2, -0.15) is 0 Å². The maximum atomic E-state index is 11.9. The minimum atomic E-state index is -0.975. The number of rotatable bonds is 5. The summed E-state index contributed by atoms with van der Waals surface area (Å²) in [6.45, 7) is 5.18. The van der Waals surface area contributed by atoms with Gasteiger partial charge in [0.05, 0.1) is 19.1 Å². The van der Waals surface area contributed by atoms with Gasteiger partial charge in [0.1, 0.15) is 5.60 Å². The zero-order chi connectivity index (χ0) is 16.0. The Morgan fingerprint density at radius 3 is 2.33 bits per heavy atom. The summed E-state index contributed by atoms with van der Waals surface area (Å²) in [5, 5.41) is 11.5. The van der Waals surface area contributed by atoms with Gasteiger partial charge in [-0.15, -0.1) is 0 Å². The van der Waals surface area contributed by atoms with Gasteiger partial charge in [0.25, 0.3) is 0 Å². The minimum Gasteiger partial charge on any atom is -0.460 e. The molecule has 4 N–H and O–H groups in total. The summed E-state index contributed by atoms with van der Waals surface area (Å²) < 4.78 is 5.11. The smallest absolute Gasteiger partial charge is 0.308 e. The minimum absolute atomic E-state index is 0.0631. The van der Waals surface area contributed by atoms with E-state index in [1.807, 2.05) is 0 Å². The molecule has 0 aliphatic heterocycles. The summed E-state index contributed by atoms with van der Waals surface area (Å²) in [7, 11) is 0. The van der Waals surface area contributed by atoms with Crippen LogP contribution in [0.4, 0.5) is 5.69 Å². The van der Waals surface area contributed by atoms with E-state index < -0.39 is 23.5 Å². The van der Waals surface area contributed by atoms with Crippen LogP contribution in [0, 0.1) is 0 Å². The van der Waals surface area contributed by atoms with Crippen molar-refractivity contribution >= 4 is 17.6 Å². The van der Waals surface area contributed by atoms with Crippen LogP contribution in [0.2, 0.25) is 0 Å². The van der Waals surface area contributed by atoms with Crippen LogP contribution in [0.25, 0.3) is 0 Å². The first kappa shape index (κ1) is 17.1. The van der Waals surface area contributed by atoms with Crippen molar-refractivity contribution in [2.45, 2.75) is 45.4 Å². The molecule has 1 aromatic rings. The maximum Gasteiger partial charge on any atom is 0.308 e. The first-order valence-corrected chi connectivity index (χ1v) is 6.69. The van der Waals surface area contributed by atoms with Gasteiger partial charge >= 0.3 is 5.97 Å². The zero-order valence-corrected chi connectivity index (χ0v) is 12.6. The molecule has 0 saturated carbocycles. The molecule has 116 valence electrons. The number of ether oxygens (including phenoxy) is 1. The van der Waals surface area contributed by atoms with Gasteiger partial charge in [-0.25, -0.2) is 0 Å². The highest BCUT2D eigenvalue weighted by Gasteiger charge is 2.22. The molecule has 1 atom stereocenters. The highest BCUT2D eigenvalue weighted by atomic mass is 16.6. The van der Waals surface area contributed by atoms with Crippen molar-refractivity contribution in [3.63, 3.8) is 0 Å². The Hall–Kier alpha value is -1.92. The van der Waals surface area contributed by atoms with E-state index in [2.05, 4.69) is 5.32 Å². The normalized spacial score (nSPS) is 12.6. The van der Waals surface area contributed by atoms with Crippen LogP contribution < -0.4 is 11.1 Å². The number of carbonyl (C=O) groups excluding carboxylic acids is 2. The SMILES string of the molecule is CC(C)(C)OC(=O)CC(N)C(=O)Nc1ccc(CO)cc1. The third kappa shape index (κ3) is 6.37. The standard InChI is InChI=1S/C15H22N2O4/c1-15(2,3)21-13(19)8-12(16)14(20)17-11-6-4-10(9-18)5-7-11/h4-7,12,18H,8-9,16H2,1-3H3,(H,17,20). The van der Waals surface area contributed by atoms with Crippen LogP contribution in [0.3, 0.4) is 0 Å². The van der Waals surface area contributed by atoms with E-state index >= 15 is 0 Å². The van der Waals surface area contributed by atoms with Crippen molar-refractivity contribution in [2.75, 3.05) is 5.32 Å². The molecule has 1 rings (SSSR count). The molecule has 1 amide bonds. The molecule has 1 aromatic carbocycles. The number of hydrogen-bond acceptors (Lipinski definition) is 5. The number of amides is 1. The second kappa shape index (κ2) is 7.19. The van der Waals surface area contributed by atoms with Crippen molar-refractivity contribution in [1.29, 1.82) is 0 Å². The molecule has 6 heteroatoms. The number of carbonyl (C=O) groups is 2. The summed E-state index contributed by atoms with van der Waals surface area (Å²) in [6, 6.07) is 5.72. The summed E-state index contributed by atoms with van der Waals surface area (Å²) in [5.74, 6) is -0.974. The third-order valence-electron chi connectivity index (χ3n) is 2.55. The van der Waals surface area contributed by atoms with E-state index in [1.165, 1.54) is 0 Å². The fraction of sp³-hybridized carbons (Fsp3) is 0.467. The second-order valence-electron chi connectivity index (χ2n) is 5.74. The number of aliphatic hydroxyl groups is 1. The van der Waals surface area contributed by atoms with Crippen molar-refractivity contribution in [1.82, 2.24) is 0 Å². The van der Waals surface area contributed by atoms with E-state index in [0.29, 0.717) is 5.69 Å². The maximum absolute atomic E-state index is 11.9. The lowest BCUT2D eigenvalue weighted by Gasteiger charge is -2.20. The number of nitrogens with one attached hydrogen (secondary N) is 1. The van der Waals surface area contributed by atoms with Gasteiger partial charge < -0.3 is 20.9 Å². The van der Waals surface area contributed by atoms with Gasteiger partial charge in [0.15, 0.2) is 0 Å². The van der Waals surface area contributed by atoms with Crippen molar-refractivity contribution < 1.29 is 19.4 Å². The quantitative estimate of drug-likeness (QED) is 0.708. The Kier molecular flexibility index (Phi) is 5.87. The van der Waals surface area contributed by atoms with Gasteiger partial charge in [-0.3, -0.25) is 9.59 Å². The van der Waals surface area contributed by atoms with Crippen LogP contribution in [0.15, 0.2) is 24.3 Å². The van der Waals surface area contributed by atoms with Crippen molar-refractivity contribution in [3.8, 4) is 0 Å². The van der Waals surface area contributed by atoms with Crippen molar-refractivity contribution in [3.05, 3.63) is 29.8 Å². The average Bonchev–Trinajstić information content (AvgIpc) is 2.37. The number of anilines is 1.